The Balaban J connectivity index is -0.000000641. The largest absolute Gasteiger partial charge is 0.497 e. The van der Waals surface area contributed by atoms with E-state index in [0.717, 1.165) is 54.7 Å². The van der Waals surface area contributed by atoms with Gasteiger partial charge in [0.15, 0.2) is 0 Å². The summed E-state index contributed by atoms with van der Waals surface area (Å²) in [5.41, 5.74) is 10.7. The molecular weight excluding hydrogens is 472 g/mol. The van der Waals surface area contributed by atoms with Crippen LogP contribution < -0.4 is 10.9 Å². The maximum absolute atomic E-state index is 10.9. The Bertz CT molecular complexity index is 661. The molecule has 0 radical (unpaired) electrons. The van der Waals surface area contributed by atoms with Crippen LogP contribution in [0.5, 0.6) is 0 Å². The van der Waals surface area contributed by atoms with Gasteiger partial charge in [0, 0.05) is 12.9 Å². The molecule has 1 fully saturated rings. The fourth-order valence-corrected chi connectivity index (χ4v) is 3.97. The zero-order valence-corrected chi connectivity index (χ0v) is 26.0. The number of rotatable bonds is 11. The molecular formula is C30H57ClN2O3. The lowest BCUT2D eigenvalue weighted by Gasteiger charge is -2.18. The van der Waals surface area contributed by atoms with Crippen molar-refractivity contribution in [1.29, 1.82) is 0 Å². The van der Waals surface area contributed by atoms with E-state index in [4.69, 9.17) is 16.3 Å². The number of halogens is 1. The molecule has 1 aliphatic carbocycles. The number of hydrogen-bond donors (Lipinski definition) is 2. The van der Waals surface area contributed by atoms with Crippen LogP contribution in [0.15, 0.2) is 46.4 Å². The zero-order chi connectivity index (χ0) is 28.4. The number of carbonyl (C=O) groups excluding carboxylic acids is 1. The van der Waals surface area contributed by atoms with Crippen molar-refractivity contribution >= 4 is 17.6 Å². The van der Waals surface area contributed by atoms with E-state index >= 15 is 0 Å². The van der Waals surface area contributed by atoms with Crippen LogP contribution in [0.2, 0.25) is 0 Å². The minimum Gasteiger partial charge on any atom is -0.497 e. The Morgan fingerprint density at radius 1 is 0.944 bits per heavy atom. The number of hydrogen-bond acceptors (Lipinski definition) is 5. The molecule has 0 spiro atoms. The number of esters is 1. The Morgan fingerprint density at radius 2 is 1.53 bits per heavy atom. The molecule has 0 atom stereocenters. The van der Waals surface area contributed by atoms with Gasteiger partial charge in [0.1, 0.15) is 5.76 Å². The number of methoxy groups -OCH3 is 2. The highest BCUT2D eigenvalue weighted by Gasteiger charge is 2.20. The maximum Gasteiger partial charge on any atom is 0.308 e. The summed E-state index contributed by atoms with van der Waals surface area (Å²) in [7, 11) is 5.03. The van der Waals surface area contributed by atoms with E-state index in [1.54, 1.807) is 7.11 Å². The van der Waals surface area contributed by atoms with E-state index in [-0.39, 0.29) is 11.9 Å². The van der Waals surface area contributed by atoms with Crippen molar-refractivity contribution in [3.05, 3.63) is 46.4 Å². The van der Waals surface area contributed by atoms with Crippen LogP contribution in [-0.4, -0.2) is 33.1 Å². The smallest absolute Gasteiger partial charge is 0.308 e. The highest BCUT2D eigenvalue weighted by molar-refractivity contribution is 6.19. The number of hydrazine groups is 1. The Morgan fingerprint density at radius 3 is 1.94 bits per heavy atom. The molecule has 2 N–H and O–H groups in total. The fourth-order valence-electron chi connectivity index (χ4n) is 3.71. The number of ether oxygens (including phenoxy) is 2. The van der Waals surface area contributed by atoms with Crippen LogP contribution >= 0.6 is 11.6 Å². The normalized spacial score (nSPS) is 15.1. The molecule has 1 saturated carbocycles. The van der Waals surface area contributed by atoms with Crippen LogP contribution in [-0.2, 0) is 14.3 Å². The molecule has 0 amide bonds. The summed E-state index contributed by atoms with van der Waals surface area (Å²) in [6.45, 7) is 16.4. The van der Waals surface area contributed by atoms with E-state index in [0.29, 0.717) is 5.88 Å². The summed E-state index contributed by atoms with van der Waals surface area (Å²) in [6.07, 6.45) is 15.0. The van der Waals surface area contributed by atoms with Crippen LogP contribution in [0.1, 0.15) is 107 Å². The fraction of sp³-hybridized carbons (Fsp3) is 0.700. The van der Waals surface area contributed by atoms with Gasteiger partial charge >= 0.3 is 5.97 Å². The average molecular weight is 529 g/mol. The third-order valence-electron chi connectivity index (χ3n) is 5.45. The lowest BCUT2D eigenvalue weighted by atomic mass is 9.89. The quantitative estimate of drug-likeness (QED) is 0.0923. The van der Waals surface area contributed by atoms with Crippen molar-refractivity contribution in [2.45, 2.75) is 107 Å². The van der Waals surface area contributed by atoms with Crippen molar-refractivity contribution < 1.29 is 14.3 Å². The van der Waals surface area contributed by atoms with Gasteiger partial charge in [0.25, 0.3) is 0 Å². The van der Waals surface area contributed by atoms with Crippen molar-refractivity contribution in [2.75, 3.05) is 27.1 Å². The molecule has 0 aliphatic heterocycles. The molecule has 0 saturated heterocycles. The van der Waals surface area contributed by atoms with Gasteiger partial charge in [-0.25, -0.2) is 5.43 Å². The highest BCUT2D eigenvalue weighted by Crippen LogP contribution is 2.24. The van der Waals surface area contributed by atoms with Crippen molar-refractivity contribution in [3.8, 4) is 0 Å². The van der Waals surface area contributed by atoms with E-state index in [1.807, 2.05) is 40.8 Å². The number of carbonyl (C=O) groups is 1. The summed E-state index contributed by atoms with van der Waals surface area (Å²) in [6, 6.07) is 0. The molecule has 0 bridgehead atoms. The lowest BCUT2D eigenvalue weighted by molar-refractivity contribution is -0.146. The molecule has 0 aromatic heterocycles. The first-order chi connectivity index (χ1) is 17.4. The summed E-state index contributed by atoms with van der Waals surface area (Å²) in [5, 5.41) is 0. The van der Waals surface area contributed by atoms with Gasteiger partial charge in [-0.1, -0.05) is 79.4 Å². The predicted octanol–water partition coefficient (Wildman–Crippen LogP) is 8.63. The highest BCUT2D eigenvalue weighted by atomic mass is 35.5. The monoisotopic (exact) mass is 528 g/mol. The number of alkyl halides is 1. The minimum absolute atomic E-state index is 0.0142. The molecule has 0 heterocycles. The van der Waals surface area contributed by atoms with Crippen molar-refractivity contribution in [2.24, 2.45) is 5.92 Å². The topological polar surface area (TPSA) is 59.6 Å². The van der Waals surface area contributed by atoms with E-state index < -0.39 is 0 Å². The van der Waals surface area contributed by atoms with Gasteiger partial charge in [-0.15, -0.1) is 11.6 Å². The van der Waals surface area contributed by atoms with Crippen molar-refractivity contribution in [1.82, 2.24) is 10.9 Å². The Kier molecular flexibility index (Phi) is 30.0. The van der Waals surface area contributed by atoms with Gasteiger partial charge < -0.3 is 14.9 Å². The second-order valence-corrected chi connectivity index (χ2v) is 8.24. The maximum atomic E-state index is 10.9. The first kappa shape index (κ1) is 38.8. The van der Waals surface area contributed by atoms with Gasteiger partial charge in [-0.3, -0.25) is 4.79 Å². The second-order valence-electron chi connectivity index (χ2n) is 7.98. The molecule has 0 aromatic carbocycles. The van der Waals surface area contributed by atoms with E-state index in [2.05, 4.69) is 55.4 Å². The third-order valence-corrected chi connectivity index (χ3v) is 5.78. The summed E-state index contributed by atoms with van der Waals surface area (Å²) < 4.78 is 10.1. The molecule has 0 aromatic rings. The average Bonchev–Trinajstić information content (AvgIpc) is 2.93. The lowest BCUT2D eigenvalue weighted by Crippen LogP contribution is -2.28. The first-order valence-corrected chi connectivity index (χ1v) is 14.3. The van der Waals surface area contributed by atoms with Crippen LogP contribution in [0.4, 0.5) is 0 Å². The van der Waals surface area contributed by atoms with E-state index in [9.17, 15) is 4.79 Å². The Labute approximate surface area is 228 Å². The first-order valence-electron chi connectivity index (χ1n) is 13.8. The molecule has 6 heteroatoms. The van der Waals surface area contributed by atoms with Crippen LogP contribution in [0.25, 0.3) is 0 Å². The third kappa shape index (κ3) is 17.7. The SMILES string of the molecule is CC.CC.CC/C=C(C)/C(=C\C=C(C)\C(NNC)=C(/CCl)CCC)OC.COC(=O)C1CCCCC1. The Hall–Kier alpha value is -1.72. The summed E-state index contributed by atoms with van der Waals surface area (Å²) in [5.74, 6) is 1.60. The zero-order valence-electron chi connectivity index (χ0n) is 25.3. The van der Waals surface area contributed by atoms with Gasteiger partial charge in [0.05, 0.1) is 25.8 Å². The van der Waals surface area contributed by atoms with Crippen molar-refractivity contribution in [3.63, 3.8) is 0 Å². The molecule has 212 valence electrons. The standard InChI is InChI=1S/C18H31ClN2O.C8H14O2.2C2H6/c1-7-9-14(3)17(22-6)12-11-15(4)18(21-20-5)16(13-19)10-8-2;1-10-8(9)7-5-3-2-4-6-7;2*1-2/h9,11-12,20-21H,7-8,10,13H2,1-6H3;7H,2-6H2,1H3;2*1-2H3/b14-9+,15-11+,17-12+,18-16+;;;. The van der Waals surface area contributed by atoms with E-state index in [1.165, 1.54) is 31.9 Å². The molecule has 1 rings (SSSR count). The van der Waals surface area contributed by atoms with Crippen LogP contribution in [0.3, 0.4) is 0 Å². The van der Waals surface area contributed by atoms with Gasteiger partial charge in [-0.2, -0.15) is 0 Å². The molecule has 0 unspecified atom stereocenters. The van der Waals surface area contributed by atoms with Gasteiger partial charge in [0.2, 0.25) is 0 Å². The summed E-state index contributed by atoms with van der Waals surface area (Å²) >= 11 is 6.10. The van der Waals surface area contributed by atoms with Gasteiger partial charge in [-0.05, 0) is 62.3 Å². The second kappa shape index (κ2) is 27.9. The number of allylic oxidation sites excluding steroid dienone is 6. The molecule has 36 heavy (non-hydrogen) atoms. The van der Waals surface area contributed by atoms with Crippen LogP contribution in [0, 0.1) is 5.92 Å². The predicted molar refractivity (Wildman–Crippen MR) is 159 cm³/mol. The molecule has 1 aliphatic rings. The minimum atomic E-state index is -0.0142. The number of nitrogens with one attached hydrogen (secondary N) is 2. The molecule has 5 nitrogen and oxygen atoms in total. The summed E-state index contributed by atoms with van der Waals surface area (Å²) in [4.78, 5) is 10.9.